The minimum atomic E-state index is -1.78. The maximum absolute atomic E-state index is 12.0. The molecule has 0 bridgehead atoms. The Morgan fingerprint density at radius 1 is 1.06 bits per heavy atom. The molecule has 1 unspecified atom stereocenters. The molecule has 1 aromatic rings. The number of carbonyl (C=O) groups excluding carboxylic acids is 2. The van der Waals surface area contributed by atoms with Gasteiger partial charge in [-0.3, -0.25) is 9.59 Å². The van der Waals surface area contributed by atoms with Crippen LogP contribution in [0.3, 0.4) is 0 Å². The van der Waals surface area contributed by atoms with E-state index in [2.05, 4.69) is 0 Å². The molecule has 1 aromatic carbocycles. The number of hydrogen-bond acceptors (Lipinski definition) is 3. The molecule has 2 amide bonds. The topological polar surface area (TPSA) is 37.4 Å². The van der Waals surface area contributed by atoms with E-state index in [1.54, 1.807) is 24.3 Å². The number of halogens is 4. The van der Waals surface area contributed by atoms with Crippen LogP contribution in [0.2, 0.25) is 0 Å². The van der Waals surface area contributed by atoms with Crippen LogP contribution in [0, 0.1) is 0 Å². The Morgan fingerprint density at radius 2 is 1.50 bits per heavy atom. The number of amides is 2. The number of rotatable bonds is 2. The lowest BCUT2D eigenvalue weighted by atomic mass is 10.1. The first kappa shape index (κ1) is 14.3. The van der Waals surface area contributed by atoms with Crippen molar-refractivity contribution in [2.45, 2.75) is 8.50 Å². The Bertz CT molecular complexity index is 482. The van der Waals surface area contributed by atoms with Gasteiger partial charge in [-0.1, -0.05) is 46.9 Å². The first-order chi connectivity index (χ1) is 8.32. The molecule has 0 radical (unpaired) electrons. The Kier molecular flexibility index (Phi) is 4.04. The molecule has 2 rings (SSSR count). The predicted molar refractivity (Wildman–Crippen MR) is 74.5 cm³/mol. The van der Waals surface area contributed by atoms with Gasteiger partial charge in [-0.05, 0) is 24.1 Å². The third-order valence-corrected chi connectivity index (χ3v) is 5.24. The van der Waals surface area contributed by atoms with E-state index in [-0.39, 0.29) is 0 Å². The Balaban J connectivity index is 2.24. The van der Waals surface area contributed by atoms with E-state index in [9.17, 15) is 9.59 Å². The second kappa shape index (κ2) is 5.10. The van der Waals surface area contributed by atoms with Crippen LogP contribution in [0.5, 0.6) is 0 Å². The fraction of sp³-hybridized carbons (Fsp3) is 0.200. The minimum absolute atomic E-state index is 0.322. The summed E-state index contributed by atoms with van der Waals surface area (Å²) >= 11 is 23.3. The number of carbonyl (C=O) groups is 2. The molecule has 96 valence electrons. The molecule has 0 aliphatic carbocycles. The smallest absolute Gasteiger partial charge is 0.268 e. The standard InChI is InChI=1S/C10H5Cl4NO2S/c11-9(10(12,13)14)18-15-7(16)5-3-1-2-4-6(5)8(15)17/h1-4,9H. The van der Waals surface area contributed by atoms with E-state index in [1.807, 2.05) is 0 Å². The van der Waals surface area contributed by atoms with Crippen molar-refractivity contribution in [3.63, 3.8) is 0 Å². The summed E-state index contributed by atoms with van der Waals surface area (Å²) in [4.78, 5) is 23.9. The van der Waals surface area contributed by atoms with E-state index in [4.69, 9.17) is 46.4 Å². The summed E-state index contributed by atoms with van der Waals surface area (Å²) in [5.41, 5.74) is 0.645. The van der Waals surface area contributed by atoms with Crippen LogP contribution in [-0.4, -0.2) is 24.6 Å². The molecule has 0 saturated heterocycles. The van der Waals surface area contributed by atoms with Crippen molar-refractivity contribution in [2.75, 3.05) is 0 Å². The van der Waals surface area contributed by atoms with E-state index in [0.29, 0.717) is 23.1 Å². The molecule has 0 N–H and O–H groups in total. The van der Waals surface area contributed by atoms with E-state index >= 15 is 0 Å². The molecule has 1 aliphatic heterocycles. The fourth-order valence-electron chi connectivity index (χ4n) is 1.42. The van der Waals surface area contributed by atoms with E-state index in [0.717, 1.165) is 4.31 Å². The normalized spacial score (nSPS) is 17.0. The summed E-state index contributed by atoms with van der Waals surface area (Å²) in [6.07, 6.45) is 0. The summed E-state index contributed by atoms with van der Waals surface area (Å²) in [5.74, 6) is -0.916. The highest BCUT2D eigenvalue weighted by Gasteiger charge is 2.41. The van der Waals surface area contributed by atoms with Gasteiger partial charge in [0.15, 0.2) is 0 Å². The van der Waals surface area contributed by atoms with Crippen molar-refractivity contribution in [3.8, 4) is 0 Å². The first-order valence-corrected chi connectivity index (χ1v) is 7.08. The quantitative estimate of drug-likeness (QED) is 0.464. The molecule has 1 heterocycles. The second-order valence-corrected chi connectivity index (χ2v) is 7.52. The van der Waals surface area contributed by atoms with Gasteiger partial charge in [0, 0.05) is 0 Å². The van der Waals surface area contributed by atoms with Crippen LogP contribution in [0.15, 0.2) is 24.3 Å². The molecule has 18 heavy (non-hydrogen) atoms. The summed E-state index contributed by atoms with van der Waals surface area (Å²) < 4.78 is -1.92. The number of nitrogens with zero attached hydrogens (tertiary/aromatic N) is 1. The zero-order valence-corrected chi connectivity index (χ0v) is 12.4. The Hall–Kier alpha value is -0.130. The average molecular weight is 345 g/mol. The molecular formula is C10H5Cl4NO2S. The molecular weight excluding hydrogens is 340 g/mol. The predicted octanol–water partition coefficient (Wildman–Crippen LogP) is 3.87. The molecule has 0 saturated carbocycles. The lowest BCUT2D eigenvalue weighted by Crippen LogP contribution is -2.28. The number of imide groups is 1. The summed E-state index contributed by atoms with van der Waals surface area (Å²) in [5, 5.41) is 0. The van der Waals surface area contributed by atoms with Crippen molar-refractivity contribution in [1.82, 2.24) is 4.31 Å². The zero-order valence-electron chi connectivity index (χ0n) is 8.57. The second-order valence-electron chi connectivity index (χ2n) is 3.41. The Labute approximate surface area is 127 Å². The van der Waals surface area contributed by atoms with Crippen molar-refractivity contribution in [1.29, 1.82) is 0 Å². The van der Waals surface area contributed by atoms with Gasteiger partial charge in [-0.2, -0.15) is 0 Å². The van der Waals surface area contributed by atoms with Crippen molar-refractivity contribution in [2.24, 2.45) is 0 Å². The van der Waals surface area contributed by atoms with Gasteiger partial charge in [0.1, 0.15) is 4.71 Å². The summed E-state index contributed by atoms with van der Waals surface area (Å²) in [6.45, 7) is 0. The SMILES string of the molecule is O=C1c2ccccc2C(=O)N1SC(Cl)C(Cl)(Cl)Cl. The number of benzene rings is 1. The molecule has 0 aromatic heterocycles. The fourth-order valence-corrected chi connectivity index (χ4v) is 2.71. The van der Waals surface area contributed by atoms with Gasteiger partial charge < -0.3 is 0 Å². The van der Waals surface area contributed by atoms with Gasteiger partial charge in [-0.25, -0.2) is 4.31 Å². The molecule has 0 spiro atoms. The first-order valence-electron chi connectivity index (χ1n) is 4.67. The highest BCUT2D eigenvalue weighted by Crippen LogP contribution is 2.43. The lowest BCUT2D eigenvalue weighted by Gasteiger charge is -2.21. The van der Waals surface area contributed by atoms with Crippen LogP contribution >= 0.6 is 58.4 Å². The number of fused-ring (bicyclic) bond motifs is 1. The third-order valence-electron chi connectivity index (χ3n) is 2.21. The van der Waals surface area contributed by atoms with Gasteiger partial charge in [-0.15, -0.1) is 11.6 Å². The lowest BCUT2D eigenvalue weighted by molar-refractivity contribution is 0.0777. The van der Waals surface area contributed by atoms with Crippen LogP contribution in [0.1, 0.15) is 20.7 Å². The maximum atomic E-state index is 12.0. The highest BCUT2D eigenvalue weighted by molar-refractivity contribution is 8.00. The zero-order chi connectivity index (χ0) is 13.5. The van der Waals surface area contributed by atoms with Crippen molar-refractivity contribution in [3.05, 3.63) is 35.4 Å². The molecule has 1 atom stereocenters. The molecule has 8 heteroatoms. The highest BCUT2D eigenvalue weighted by atomic mass is 35.6. The van der Waals surface area contributed by atoms with Gasteiger partial charge >= 0.3 is 0 Å². The van der Waals surface area contributed by atoms with Crippen LogP contribution < -0.4 is 0 Å². The van der Waals surface area contributed by atoms with Crippen molar-refractivity contribution < 1.29 is 9.59 Å². The summed E-state index contributed by atoms with van der Waals surface area (Å²) in [7, 11) is 0. The third kappa shape index (κ3) is 2.58. The maximum Gasteiger partial charge on any atom is 0.271 e. The van der Waals surface area contributed by atoms with Gasteiger partial charge in [0.25, 0.3) is 11.8 Å². The monoisotopic (exact) mass is 343 g/mol. The van der Waals surface area contributed by atoms with Gasteiger partial charge in [0.05, 0.1) is 11.1 Å². The minimum Gasteiger partial charge on any atom is -0.268 e. The summed E-state index contributed by atoms with van der Waals surface area (Å²) in [6, 6.07) is 6.47. The van der Waals surface area contributed by atoms with E-state index < -0.39 is 20.3 Å². The molecule has 3 nitrogen and oxygen atoms in total. The average Bonchev–Trinajstić information content (AvgIpc) is 2.54. The van der Waals surface area contributed by atoms with E-state index in [1.165, 1.54) is 0 Å². The van der Waals surface area contributed by atoms with Crippen LogP contribution in [0.4, 0.5) is 0 Å². The number of alkyl halides is 4. The molecule has 1 aliphatic rings. The van der Waals surface area contributed by atoms with Crippen LogP contribution in [0.25, 0.3) is 0 Å². The molecule has 0 fully saturated rings. The van der Waals surface area contributed by atoms with Gasteiger partial charge in [0.2, 0.25) is 3.79 Å². The number of hydrogen-bond donors (Lipinski definition) is 0. The van der Waals surface area contributed by atoms with Crippen molar-refractivity contribution >= 4 is 70.2 Å². The van der Waals surface area contributed by atoms with Crippen LogP contribution in [-0.2, 0) is 0 Å². The largest absolute Gasteiger partial charge is 0.271 e. The Morgan fingerprint density at radius 3 is 1.89 bits per heavy atom.